The second-order valence-electron chi connectivity index (χ2n) is 21.4. The van der Waals surface area contributed by atoms with Crippen LogP contribution >= 0.6 is 0 Å². The Morgan fingerprint density at radius 2 is 0.612 bits per heavy atom. The van der Waals surface area contributed by atoms with Crippen molar-refractivity contribution in [2.45, 2.75) is 366 Å². The lowest BCUT2D eigenvalue weighted by atomic mass is 10.00. The van der Waals surface area contributed by atoms with Crippen molar-refractivity contribution >= 4 is 5.91 Å². The molecule has 0 aliphatic heterocycles. The van der Waals surface area contributed by atoms with E-state index in [2.05, 4.69) is 31.3 Å². The second kappa shape index (κ2) is 56.0. The van der Waals surface area contributed by atoms with Crippen LogP contribution in [-0.4, -0.2) is 57.3 Å². The maximum atomic E-state index is 12.6. The van der Waals surface area contributed by atoms with E-state index in [-0.39, 0.29) is 0 Å². The zero-order valence-electron chi connectivity index (χ0n) is 45.4. The van der Waals surface area contributed by atoms with Gasteiger partial charge in [-0.1, -0.05) is 315 Å². The van der Waals surface area contributed by atoms with Crippen LogP contribution in [0.1, 0.15) is 341 Å². The molecule has 6 nitrogen and oxygen atoms in total. The highest BCUT2D eigenvalue weighted by atomic mass is 16.3. The fourth-order valence-electron chi connectivity index (χ4n) is 9.94. The Labute approximate surface area is 419 Å². The first-order valence-corrected chi connectivity index (χ1v) is 30.6. The van der Waals surface area contributed by atoms with Crippen molar-refractivity contribution in [3.63, 3.8) is 0 Å². The minimum absolute atomic E-state index is 0.369. The predicted octanol–water partition coefficient (Wildman–Crippen LogP) is 18.0. The van der Waals surface area contributed by atoms with Crippen molar-refractivity contribution < 1.29 is 25.2 Å². The number of aliphatic hydroxyl groups excluding tert-OH is 4. The molecule has 0 spiro atoms. The summed E-state index contributed by atoms with van der Waals surface area (Å²) in [6.45, 7) is 4.09. The number of hydrogen-bond donors (Lipinski definition) is 5. The van der Waals surface area contributed by atoms with Crippen molar-refractivity contribution in [3.05, 3.63) is 12.2 Å². The smallest absolute Gasteiger partial charge is 0.249 e. The first kappa shape index (κ1) is 66.0. The number of amides is 1. The zero-order valence-corrected chi connectivity index (χ0v) is 45.4. The zero-order chi connectivity index (χ0) is 48.8. The molecule has 4 atom stereocenters. The summed E-state index contributed by atoms with van der Waals surface area (Å²) in [6, 6.07) is -0.999. The quantitative estimate of drug-likeness (QED) is 0.0308. The maximum absolute atomic E-state index is 12.6. The van der Waals surface area contributed by atoms with E-state index in [1.54, 1.807) is 0 Å². The van der Waals surface area contributed by atoms with Gasteiger partial charge in [0.05, 0.1) is 18.8 Å². The van der Waals surface area contributed by atoms with Crippen LogP contribution in [0.25, 0.3) is 0 Å². The van der Waals surface area contributed by atoms with E-state index in [0.717, 1.165) is 38.5 Å². The number of unbranched alkanes of at least 4 members (excludes halogenated alkanes) is 46. The summed E-state index contributed by atoms with van der Waals surface area (Å²) >= 11 is 0. The Hall–Kier alpha value is -0.950. The van der Waals surface area contributed by atoms with E-state index >= 15 is 0 Å². The number of carbonyl (C=O) groups is 1. The molecule has 6 heteroatoms. The average molecular weight is 949 g/mol. The van der Waals surface area contributed by atoms with Gasteiger partial charge in [0.25, 0.3) is 0 Å². The predicted molar refractivity (Wildman–Crippen MR) is 293 cm³/mol. The largest absolute Gasteiger partial charge is 0.394 e. The first-order chi connectivity index (χ1) is 33.0. The molecule has 400 valence electrons. The van der Waals surface area contributed by atoms with Gasteiger partial charge in [0.15, 0.2) is 0 Å². The average Bonchev–Trinajstić information content (AvgIpc) is 3.33. The van der Waals surface area contributed by atoms with Crippen molar-refractivity contribution in [2.75, 3.05) is 6.61 Å². The van der Waals surface area contributed by atoms with Gasteiger partial charge in [-0.05, 0) is 38.5 Å². The third-order valence-corrected chi connectivity index (χ3v) is 14.7. The molecule has 5 N–H and O–H groups in total. The second-order valence-corrected chi connectivity index (χ2v) is 21.4. The monoisotopic (exact) mass is 948 g/mol. The molecule has 0 fully saturated rings. The number of nitrogens with one attached hydrogen (secondary N) is 1. The number of aliphatic hydroxyl groups is 4. The Bertz CT molecular complexity index is 975. The summed E-state index contributed by atoms with van der Waals surface area (Å²) in [5.41, 5.74) is 0. The van der Waals surface area contributed by atoms with Crippen molar-refractivity contribution in [1.82, 2.24) is 5.32 Å². The highest BCUT2D eigenvalue weighted by Gasteiger charge is 2.28. The lowest BCUT2D eigenvalue weighted by molar-refractivity contribution is -0.132. The molecule has 1 amide bonds. The molecular formula is C61H121NO5. The van der Waals surface area contributed by atoms with Gasteiger partial charge >= 0.3 is 0 Å². The van der Waals surface area contributed by atoms with Gasteiger partial charge in [-0.15, -0.1) is 0 Å². The molecule has 0 aromatic rings. The molecule has 0 aromatic carbocycles. The van der Waals surface area contributed by atoms with Crippen molar-refractivity contribution in [2.24, 2.45) is 0 Å². The van der Waals surface area contributed by atoms with Crippen molar-refractivity contribution in [3.8, 4) is 0 Å². The van der Waals surface area contributed by atoms with Gasteiger partial charge in [-0.3, -0.25) is 4.79 Å². The summed E-state index contributed by atoms with van der Waals surface area (Å²) in [7, 11) is 0. The Kier molecular flexibility index (Phi) is 55.2. The summed E-state index contributed by atoms with van der Waals surface area (Å²) in [6.07, 6.45) is 67.3. The molecule has 0 saturated heterocycles. The fraction of sp³-hybridized carbons (Fsp3) is 0.951. The van der Waals surface area contributed by atoms with E-state index in [4.69, 9.17) is 0 Å². The first-order valence-electron chi connectivity index (χ1n) is 30.6. The van der Waals surface area contributed by atoms with Gasteiger partial charge in [0.2, 0.25) is 5.91 Å². The molecule has 67 heavy (non-hydrogen) atoms. The minimum atomic E-state index is -1.28. The molecule has 0 saturated carbocycles. The molecular weight excluding hydrogens is 827 g/mol. The highest BCUT2D eigenvalue weighted by Crippen LogP contribution is 2.19. The van der Waals surface area contributed by atoms with Crippen LogP contribution in [0, 0.1) is 0 Å². The summed E-state index contributed by atoms with van der Waals surface area (Å²) < 4.78 is 0. The van der Waals surface area contributed by atoms with Crippen LogP contribution < -0.4 is 5.32 Å². The van der Waals surface area contributed by atoms with Crippen LogP contribution in [0.5, 0.6) is 0 Å². The van der Waals surface area contributed by atoms with Crippen LogP contribution in [-0.2, 0) is 4.79 Å². The van der Waals surface area contributed by atoms with Gasteiger partial charge in [0.1, 0.15) is 12.2 Å². The topological polar surface area (TPSA) is 110 Å². The number of rotatable bonds is 57. The molecule has 0 aliphatic rings. The Balaban J connectivity index is 3.58. The standard InChI is InChI=1S/C61H121NO5/c1-3-5-7-9-11-13-15-17-19-21-23-25-27-28-29-30-31-32-33-35-37-39-41-43-45-47-49-51-53-55-59(65)61(67)62-57(56-63)60(66)58(64)54-52-50-48-46-44-42-40-38-36-34-26-24-22-20-18-16-14-12-10-8-6-4-2/h46,48,57-60,63-66H,3-45,47,49-56H2,1-2H3,(H,62,67)/b48-46+. The van der Waals surface area contributed by atoms with Gasteiger partial charge < -0.3 is 25.7 Å². The molecule has 0 aliphatic carbocycles. The van der Waals surface area contributed by atoms with Gasteiger partial charge in [0, 0.05) is 0 Å². The minimum Gasteiger partial charge on any atom is -0.394 e. The normalized spacial score (nSPS) is 13.7. The van der Waals surface area contributed by atoms with E-state index in [1.807, 2.05) is 0 Å². The van der Waals surface area contributed by atoms with Crippen LogP contribution in [0.3, 0.4) is 0 Å². The highest BCUT2D eigenvalue weighted by molar-refractivity contribution is 5.80. The van der Waals surface area contributed by atoms with Crippen LogP contribution in [0.15, 0.2) is 12.2 Å². The van der Waals surface area contributed by atoms with Crippen molar-refractivity contribution in [1.29, 1.82) is 0 Å². The lowest BCUT2D eigenvalue weighted by Crippen LogP contribution is -2.53. The summed E-state index contributed by atoms with van der Waals surface area (Å²) in [5.74, 6) is -0.585. The third-order valence-electron chi connectivity index (χ3n) is 14.7. The number of carbonyl (C=O) groups excluding carboxylic acids is 1. The number of hydrogen-bond acceptors (Lipinski definition) is 5. The van der Waals surface area contributed by atoms with Gasteiger partial charge in [-0.25, -0.2) is 0 Å². The van der Waals surface area contributed by atoms with E-state index in [0.29, 0.717) is 12.8 Å². The molecule has 0 bridgehead atoms. The Morgan fingerprint density at radius 1 is 0.358 bits per heavy atom. The van der Waals surface area contributed by atoms with E-state index in [1.165, 1.54) is 276 Å². The van der Waals surface area contributed by atoms with E-state index in [9.17, 15) is 25.2 Å². The molecule has 0 rings (SSSR count). The SMILES string of the molecule is CCCCCCCCCCCCCCCCCCC/C=C/CCCC(O)C(O)C(CO)NC(=O)C(O)CCCCCCCCCCCCCCCCCCCCCCCCCCCCCCC. The van der Waals surface area contributed by atoms with Crippen LogP contribution in [0.2, 0.25) is 0 Å². The van der Waals surface area contributed by atoms with Crippen LogP contribution in [0.4, 0.5) is 0 Å². The summed E-state index contributed by atoms with van der Waals surface area (Å²) in [5, 5.41) is 44.0. The number of allylic oxidation sites excluding steroid dienone is 2. The molecule has 0 heterocycles. The molecule has 0 aromatic heterocycles. The lowest BCUT2D eigenvalue weighted by Gasteiger charge is -2.27. The molecule has 0 radical (unpaired) electrons. The molecule has 4 unspecified atom stereocenters. The Morgan fingerprint density at radius 3 is 0.896 bits per heavy atom. The van der Waals surface area contributed by atoms with Gasteiger partial charge in [-0.2, -0.15) is 0 Å². The van der Waals surface area contributed by atoms with E-state index < -0.39 is 36.9 Å². The fourth-order valence-corrected chi connectivity index (χ4v) is 9.94. The summed E-state index contributed by atoms with van der Waals surface area (Å²) in [4.78, 5) is 12.6. The third kappa shape index (κ3) is 49.8. The maximum Gasteiger partial charge on any atom is 0.249 e.